The molecule has 4 atom stereocenters. The molecule has 2 aliphatic rings. The maximum Gasteiger partial charge on any atom is 0.0783 e. The van der Waals surface area contributed by atoms with Crippen LogP contribution in [0.2, 0.25) is 0 Å². The number of unbranched alkanes of at least 4 members (excludes halogenated alkanes) is 1. The molecule has 0 aromatic carbocycles. The second-order valence-electron chi connectivity index (χ2n) is 7.53. The molecule has 0 aromatic heterocycles. The van der Waals surface area contributed by atoms with Crippen LogP contribution in [0.4, 0.5) is 0 Å². The fourth-order valence-electron chi connectivity index (χ4n) is 3.14. The topological polar surface area (TPSA) is 21.6 Å². The van der Waals surface area contributed by atoms with E-state index in [-0.39, 0.29) is 0 Å². The Labute approximate surface area is 164 Å². The molecule has 1 aliphatic heterocycles. The standard InChI is InChI=1S/C23H35NOS/c1-5-11-21(25-4)15-14-18(2)12-9-7-6-8-10-13-20-17-26-23(24-20)22-16-19(22)3/h5,7,9-10,12-13,19-22H,1,6,8,11,14-17H2,2-4H3/b9-7-,13-10-,18-12-/t19-,20+,21-,22+/m0/s1. The van der Waals surface area contributed by atoms with Crippen LogP contribution in [0.25, 0.3) is 0 Å². The molecule has 1 fully saturated rings. The zero-order chi connectivity index (χ0) is 18.8. The van der Waals surface area contributed by atoms with Gasteiger partial charge in [-0.25, -0.2) is 0 Å². The van der Waals surface area contributed by atoms with Crippen LogP contribution in [-0.2, 0) is 4.74 Å². The minimum atomic E-state index is 0.296. The Balaban J connectivity index is 1.58. The number of hydrogen-bond acceptors (Lipinski definition) is 3. The Morgan fingerprint density at radius 3 is 2.85 bits per heavy atom. The summed E-state index contributed by atoms with van der Waals surface area (Å²) >= 11 is 1.97. The molecule has 0 bridgehead atoms. The Morgan fingerprint density at radius 2 is 2.15 bits per heavy atom. The predicted molar refractivity (Wildman–Crippen MR) is 117 cm³/mol. The highest BCUT2D eigenvalue weighted by Crippen LogP contribution is 2.44. The lowest BCUT2D eigenvalue weighted by molar-refractivity contribution is 0.0981. The minimum absolute atomic E-state index is 0.296. The van der Waals surface area contributed by atoms with Crippen molar-refractivity contribution < 1.29 is 4.74 Å². The van der Waals surface area contributed by atoms with Crippen molar-refractivity contribution in [3.8, 4) is 0 Å². The van der Waals surface area contributed by atoms with E-state index in [1.165, 1.54) is 17.0 Å². The first-order valence-electron chi connectivity index (χ1n) is 9.97. The third-order valence-electron chi connectivity index (χ3n) is 5.12. The summed E-state index contributed by atoms with van der Waals surface area (Å²) in [5.41, 5.74) is 1.40. The molecule has 1 heterocycles. The maximum atomic E-state index is 5.45. The first-order valence-corrected chi connectivity index (χ1v) is 11.0. The highest BCUT2D eigenvalue weighted by atomic mass is 32.2. The Hall–Kier alpha value is -1.06. The average Bonchev–Trinajstić information content (AvgIpc) is 3.18. The summed E-state index contributed by atoms with van der Waals surface area (Å²) in [5, 5.41) is 1.41. The van der Waals surface area contributed by atoms with Gasteiger partial charge in [-0.3, -0.25) is 4.99 Å². The molecule has 0 saturated heterocycles. The van der Waals surface area contributed by atoms with Crippen molar-refractivity contribution in [2.75, 3.05) is 12.9 Å². The number of aliphatic imine (C=N–C) groups is 1. The number of thioether (sulfide) groups is 1. The Kier molecular flexibility index (Phi) is 9.49. The van der Waals surface area contributed by atoms with Gasteiger partial charge in [0.15, 0.2) is 0 Å². The van der Waals surface area contributed by atoms with Crippen molar-refractivity contribution in [2.45, 2.75) is 64.5 Å². The summed E-state index contributed by atoms with van der Waals surface area (Å²) < 4.78 is 5.45. The van der Waals surface area contributed by atoms with Crippen LogP contribution in [-0.4, -0.2) is 30.1 Å². The lowest BCUT2D eigenvalue weighted by Gasteiger charge is -2.12. The third kappa shape index (κ3) is 7.67. The average molecular weight is 374 g/mol. The summed E-state index contributed by atoms with van der Waals surface area (Å²) in [6, 6.07) is 0.415. The van der Waals surface area contributed by atoms with E-state index in [0.29, 0.717) is 12.1 Å². The second kappa shape index (κ2) is 11.6. The van der Waals surface area contributed by atoms with Crippen molar-refractivity contribution >= 4 is 16.8 Å². The van der Waals surface area contributed by atoms with Gasteiger partial charge < -0.3 is 4.74 Å². The maximum absolute atomic E-state index is 5.45. The van der Waals surface area contributed by atoms with Gasteiger partial charge in [-0.2, -0.15) is 0 Å². The van der Waals surface area contributed by atoms with E-state index in [2.05, 4.69) is 50.8 Å². The normalized spacial score (nSPS) is 27.3. The molecule has 2 rings (SSSR count). The van der Waals surface area contributed by atoms with Crippen molar-refractivity contribution in [1.82, 2.24) is 0 Å². The van der Waals surface area contributed by atoms with Crippen LogP contribution in [0.15, 0.2) is 53.6 Å². The quantitative estimate of drug-likeness (QED) is 0.225. The first-order chi connectivity index (χ1) is 12.6. The van der Waals surface area contributed by atoms with Crippen LogP contribution in [0.5, 0.6) is 0 Å². The van der Waals surface area contributed by atoms with E-state index < -0.39 is 0 Å². The number of methoxy groups -OCH3 is 1. The fraction of sp³-hybridized carbons (Fsp3) is 0.609. The second-order valence-corrected chi connectivity index (χ2v) is 8.57. The zero-order valence-electron chi connectivity index (χ0n) is 16.7. The molecule has 0 spiro atoms. The molecule has 1 aliphatic carbocycles. The molecule has 0 amide bonds. The summed E-state index contributed by atoms with van der Waals surface area (Å²) in [7, 11) is 1.78. The highest BCUT2D eigenvalue weighted by molar-refractivity contribution is 8.14. The third-order valence-corrected chi connectivity index (χ3v) is 6.33. The van der Waals surface area contributed by atoms with Gasteiger partial charge in [-0.15, -0.1) is 18.3 Å². The lowest BCUT2D eigenvalue weighted by Crippen LogP contribution is -2.08. The number of allylic oxidation sites excluding steroid dienone is 5. The van der Waals surface area contributed by atoms with Crippen LogP contribution in [0.1, 0.15) is 52.4 Å². The fourth-order valence-corrected chi connectivity index (χ4v) is 4.42. The monoisotopic (exact) mass is 373 g/mol. The van der Waals surface area contributed by atoms with Gasteiger partial charge in [0.2, 0.25) is 0 Å². The molecule has 26 heavy (non-hydrogen) atoms. The van der Waals surface area contributed by atoms with Gasteiger partial charge in [0.25, 0.3) is 0 Å². The number of hydrogen-bond donors (Lipinski definition) is 0. The van der Waals surface area contributed by atoms with Gasteiger partial charge >= 0.3 is 0 Å². The molecule has 144 valence electrons. The van der Waals surface area contributed by atoms with Crippen LogP contribution < -0.4 is 0 Å². The van der Waals surface area contributed by atoms with Gasteiger partial charge in [0.05, 0.1) is 17.2 Å². The van der Waals surface area contributed by atoms with Crippen LogP contribution in [0, 0.1) is 11.8 Å². The highest BCUT2D eigenvalue weighted by Gasteiger charge is 2.39. The molecule has 1 saturated carbocycles. The molecule has 0 radical (unpaired) electrons. The number of ether oxygens (including phenoxy) is 1. The van der Waals surface area contributed by atoms with E-state index in [1.54, 1.807) is 7.11 Å². The zero-order valence-corrected chi connectivity index (χ0v) is 17.5. The van der Waals surface area contributed by atoms with E-state index in [1.807, 2.05) is 17.8 Å². The molecule has 0 N–H and O–H groups in total. The SMILES string of the molecule is C=CC[C@@H](CC/C(C)=C\C=C/CC/C=C\[C@@H]1CSC([C@@H]2C[C@@H]2C)=N1)OC. The minimum Gasteiger partial charge on any atom is -0.381 e. The molecule has 2 nitrogen and oxygen atoms in total. The smallest absolute Gasteiger partial charge is 0.0783 e. The van der Waals surface area contributed by atoms with Gasteiger partial charge in [0.1, 0.15) is 0 Å². The van der Waals surface area contributed by atoms with Gasteiger partial charge in [-0.1, -0.05) is 49.0 Å². The van der Waals surface area contributed by atoms with Crippen LogP contribution >= 0.6 is 11.8 Å². The lowest BCUT2D eigenvalue weighted by atomic mass is 10.1. The van der Waals surface area contributed by atoms with Gasteiger partial charge in [-0.05, 0) is 51.4 Å². The molecular weight excluding hydrogens is 338 g/mol. The number of nitrogens with zero attached hydrogens (tertiary/aromatic N) is 1. The number of rotatable bonds is 12. The van der Waals surface area contributed by atoms with Crippen molar-refractivity contribution in [3.05, 3.63) is 48.6 Å². The molecule has 0 unspecified atom stereocenters. The molecule has 0 aromatic rings. The Bertz CT molecular complexity index is 561. The summed E-state index contributed by atoms with van der Waals surface area (Å²) in [6.45, 7) is 8.31. The van der Waals surface area contributed by atoms with Crippen molar-refractivity contribution in [1.29, 1.82) is 0 Å². The first kappa shape index (κ1) is 21.2. The van der Waals surface area contributed by atoms with E-state index in [9.17, 15) is 0 Å². The summed E-state index contributed by atoms with van der Waals surface area (Å²) in [5.74, 6) is 2.79. The summed E-state index contributed by atoms with van der Waals surface area (Å²) in [4.78, 5) is 4.86. The van der Waals surface area contributed by atoms with E-state index >= 15 is 0 Å². The summed E-state index contributed by atoms with van der Waals surface area (Å²) in [6.07, 6.45) is 20.1. The van der Waals surface area contributed by atoms with Crippen molar-refractivity contribution in [2.24, 2.45) is 16.8 Å². The Morgan fingerprint density at radius 1 is 1.38 bits per heavy atom. The molecule has 3 heteroatoms. The van der Waals surface area contributed by atoms with Crippen LogP contribution in [0.3, 0.4) is 0 Å². The molecular formula is C23H35NOS. The van der Waals surface area contributed by atoms with Crippen molar-refractivity contribution in [3.63, 3.8) is 0 Å². The van der Waals surface area contributed by atoms with E-state index in [0.717, 1.165) is 49.7 Å². The van der Waals surface area contributed by atoms with Gasteiger partial charge in [0, 0.05) is 18.8 Å². The largest absolute Gasteiger partial charge is 0.381 e. The predicted octanol–water partition coefficient (Wildman–Crippen LogP) is 6.37. The van der Waals surface area contributed by atoms with E-state index in [4.69, 9.17) is 9.73 Å².